The maximum Gasteiger partial charge on any atom is 0.128 e. The highest BCUT2D eigenvalue weighted by Gasteiger charge is 2.18. The molecule has 0 bridgehead atoms. The second kappa shape index (κ2) is 7.14. The van der Waals surface area contributed by atoms with Crippen LogP contribution in [-0.2, 0) is 5.41 Å². The van der Waals surface area contributed by atoms with Crippen LogP contribution in [0, 0.1) is 0 Å². The molecule has 1 rings (SSSR count). The van der Waals surface area contributed by atoms with Crippen molar-refractivity contribution in [1.82, 2.24) is 4.98 Å². The molecule has 1 aromatic heterocycles. The zero-order valence-electron chi connectivity index (χ0n) is 12.9. The van der Waals surface area contributed by atoms with E-state index in [2.05, 4.69) is 56.6 Å². The minimum absolute atomic E-state index is 0.151. The van der Waals surface area contributed by atoms with Gasteiger partial charge in [0, 0.05) is 24.7 Å². The van der Waals surface area contributed by atoms with Crippen LogP contribution in [0.25, 0.3) is 0 Å². The molecule has 0 saturated carbocycles. The van der Waals surface area contributed by atoms with Crippen LogP contribution in [0.5, 0.6) is 0 Å². The summed E-state index contributed by atoms with van der Waals surface area (Å²) in [6, 6.07) is 4.84. The molecule has 3 heteroatoms. The van der Waals surface area contributed by atoms with E-state index in [-0.39, 0.29) is 5.41 Å². The van der Waals surface area contributed by atoms with E-state index in [1.165, 1.54) is 5.56 Å². The smallest absolute Gasteiger partial charge is 0.128 e. The van der Waals surface area contributed by atoms with Gasteiger partial charge in [0.05, 0.1) is 0 Å². The van der Waals surface area contributed by atoms with Gasteiger partial charge in [-0.1, -0.05) is 40.7 Å². The zero-order valence-corrected chi connectivity index (χ0v) is 13.7. The molecular weight excluding hydrogens is 256 g/mol. The van der Waals surface area contributed by atoms with Crippen molar-refractivity contribution in [2.75, 3.05) is 17.3 Å². The fourth-order valence-corrected chi connectivity index (χ4v) is 2.49. The highest BCUT2D eigenvalue weighted by Crippen LogP contribution is 2.24. The monoisotopic (exact) mass is 282 g/mol. The number of hydrogen-bond acceptors (Lipinski definition) is 2. The number of alkyl halides is 1. The number of hydrogen-bond donors (Lipinski definition) is 0. The van der Waals surface area contributed by atoms with Crippen LogP contribution in [0.15, 0.2) is 18.3 Å². The maximum atomic E-state index is 5.94. The minimum Gasteiger partial charge on any atom is -0.352 e. The first kappa shape index (κ1) is 16.3. The Morgan fingerprint density at radius 2 is 1.84 bits per heavy atom. The van der Waals surface area contributed by atoms with Gasteiger partial charge < -0.3 is 4.90 Å². The largest absolute Gasteiger partial charge is 0.352 e. The molecule has 0 aliphatic heterocycles. The summed E-state index contributed by atoms with van der Waals surface area (Å²) in [6.07, 6.45) is 4.24. The Bertz CT molecular complexity index is 363. The van der Waals surface area contributed by atoms with Gasteiger partial charge in [-0.2, -0.15) is 0 Å². The molecule has 19 heavy (non-hydrogen) atoms. The third-order valence-corrected chi connectivity index (χ3v) is 3.79. The average Bonchev–Trinajstić information content (AvgIpc) is 2.38. The van der Waals surface area contributed by atoms with E-state index >= 15 is 0 Å². The van der Waals surface area contributed by atoms with Gasteiger partial charge in [0.1, 0.15) is 5.82 Å². The van der Waals surface area contributed by atoms with Crippen molar-refractivity contribution in [3.63, 3.8) is 0 Å². The quantitative estimate of drug-likeness (QED) is 0.708. The summed E-state index contributed by atoms with van der Waals surface area (Å²) >= 11 is 5.94. The summed E-state index contributed by atoms with van der Waals surface area (Å²) in [5.41, 5.74) is 1.42. The SMILES string of the molecule is CCC(CC)N(CCCl)c1ccc(C(C)(C)C)cn1. The van der Waals surface area contributed by atoms with Crippen molar-refractivity contribution in [1.29, 1.82) is 0 Å². The first-order valence-electron chi connectivity index (χ1n) is 7.23. The Morgan fingerprint density at radius 3 is 2.21 bits per heavy atom. The van der Waals surface area contributed by atoms with Crippen LogP contribution in [0.2, 0.25) is 0 Å². The van der Waals surface area contributed by atoms with Crippen LogP contribution < -0.4 is 4.90 Å². The molecule has 0 amide bonds. The summed E-state index contributed by atoms with van der Waals surface area (Å²) in [6.45, 7) is 11.9. The van der Waals surface area contributed by atoms with Crippen molar-refractivity contribution in [3.05, 3.63) is 23.9 Å². The molecule has 0 spiro atoms. The molecule has 0 radical (unpaired) electrons. The lowest BCUT2D eigenvalue weighted by molar-refractivity contribution is 0.559. The van der Waals surface area contributed by atoms with Crippen molar-refractivity contribution in [3.8, 4) is 0 Å². The van der Waals surface area contributed by atoms with E-state index in [1.807, 2.05) is 6.20 Å². The lowest BCUT2D eigenvalue weighted by Gasteiger charge is -2.31. The number of pyridine rings is 1. The molecule has 0 N–H and O–H groups in total. The van der Waals surface area contributed by atoms with Crippen LogP contribution in [0.1, 0.15) is 53.0 Å². The Kier molecular flexibility index (Phi) is 6.12. The molecule has 0 aliphatic carbocycles. The molecule has 0 aromatic carbocycles. The molecule has 0 fully saturated rings. The summed E-state index contributed by atoms with van der Waals surface area (Å²) in [5.74, 6) is 1.68. The standard InChI is InChI=1S/C16H27ClN2/c1-6-14(7-2)19(11-10-17)15-9-8-13(12-18-15)16(3,4)5/h8-9,12,14H,6-7,10-11H2,1-5H3. The Labute approximate surface area is 123 Å². The van der Waals surface area contributed by atoms with Gasteiger partial charge in [0.15, 0.2) is 0 Å². The van der Waals surface area contributed by atoms with E-state index in [0.717, 1.165) is 25.2 Å². The molecular formula is C16H27ClN2. The number of anilines is 1. The normalized spacial score (nSPS) is 11.9. The van der Waals surface area contributed by atoms with Gasteiger partial charge in [-0.25, -0.2) is 4.98 Å². The highest BCUT2D eigenvalue weighted by molar-refractivity contribution is 6.18. The molecule has 0 unspecified atom stereocenters. The summed E-state index contributed by atoms with van der Waals surface area (Å²) in [4.78, 5) is 6.98. The number of aromatic nitrogens is 1. The zero-order chi connectivity index (χ0) is 14.5. The third-order valence-electron chi connectivity index (χ3n) is 3.62. The minimum atomic E-state index is 0.151. The molecule has 0 atom stereocenters. The predicted molar refractivity (Wildman–Crippen MR) is 85.4 cm³/mol. The van der Waals surface area contributed by atoms with Gasteiger partial charge in [-0.05, 0) is 29.9 Å². The summed E-state index contributed by atoms with van der Waals surface area (Å²) < 4.78 is 0. The molecule has 2 nitrogen and oxygen atoms in total. The Balaban J connectivity index is 2.97. The third kappa shape index (κ3) is 4.38. The van der Waals surface area contributed by atoms with Crippen LogP contribution in [0.3, 0.4) is 0 Å². The topological polar surface area (TPSA) is 16.1 Å². The molecule has 0 aliphatic rings. The van der Waals surface area contributed by atoms with Gasteiger partial charge in [0.25, 0.3) is 0 Å². The lowest BCUT2D eigenvalue weighted by atomic mass is 9.88. The van der Waals surface area contributed by atoms with Gasteiger partial charge in [-0.3, -0.25) is 0 Å². The average molecular weight is 283 g/mol. The van der Waals surface area contributed by atoms with E-state index in [1.54, 1.807) is 0 Å². The van der Waals surface area contributed by atoms with Crippen molar-refractivity contribution >= 4 is 17.4 Å². The van der Waals surface area contributed by atoms with Crippen molar-refractivity contribution < 1.29 is 0 Å². The molecule has 108 valence electrons. The fourth-order valence-electron chi connectivity index (χ4n) is 2.30. The van der Waals surface area contributed by atoms with E-state index < -0.39 is 0 Å². The highest BCUT2D eigenvalue weighted by atomic mass is 35.5. The number of nitrogens with zero attached hydrogens (tertiary/aromatic N) is 2. The molecule has 1 aromatic rings. The number of halogens is 1. The van der Waals surface area contributed by atoms with E-state index in [0.29, 0.717) is 11.9 Å². The van der Waals surface area contributed by atoms with Gasteiger partial charge in [0.2, 0.25) is 0 Å². The molecule has 1 heterocycles. The molecule has 0 saturated heterocycles. The van der Waals surface area contributed by atoms with Crippen molar-refractivity contribution in [2.24, 2.45) is 0 Å². The van der Waals surface area contributed by atoms with Crippen LogP contribution in [-0.4, -0.2) is 23.5 Å². The first-order chi connectivity index (χ1) is 8.93. The van der Waals surface area contributed by atoms with Gasteiger partial charge in [-0.15, -0.1) is 11.6 Å². The fraction of sp³-hybridized carbons (Fsp3) is 0.688. The number of rotatable bonds is 6. The summed E-state index contributed by atoms with van der Waals surface area (Å²) in [5, 5.41) is 0. The van der Waals surface area contributed by atoms with Gasteiger partial charge >= 0.3 is 0 Å². The van der Waals surface area contributed by atoms with Crippen LogP contribution >= 0.6 is 11.6 Å². The summed E-state index contributed by atoms with van der Waals surface area (Å²) in [7, 11) is 0. The maximum absolute atomic E-state index is 5.94. The van der Waals surface area contributed by atoms with Crippen LogP contribution in [0.4, 0.5) is 5.82 Å². The van der Waals surface area contributed by atoms with E-state index in [4.69, 9.17) is 11.6 Å². The predicted octanol–water partition coefficient (Wildman–Crippen LogP) is 4.61. The first-order valence-corrected chi connectivity index (χ1v) is 7.76. The lowest BCUT2D eigenvalue weighted by Crippen LogP contribution is -2.36. The Morgan fingerprint density at radius 1 is 1.21 bits per heavy atom. The van der Waals surface area contributed by atoms with E-state index in [9.17, 15) is 0 Å². The Hall–Kier alpha value is -0.760. The second-order valence-electron chi connectivity index (χ2n) is 6.01. The van der Waals surface area contributed by atoms with Crippen molar-refractivity contribution in [2.45, 2.75) is 58.9 Å². The second-order valence-corrected chi connectivity index (χ2v) is 6.39.